The van der Waals surface area contributed by atoms with Crippen molar-refractivity contribution in [3.63, 3.8) is 0 Å². The lowest BCUT2D eigenvalue weighted by Crippen LogP contribution is -2.43. The summed E-state index contributed by atoms with van der Waals surface area (Å²) in [5, 5.41) is 4.91. The standard InChI is InChI=1S/C16H19N3O3S2/c20-15(18-13-6-4-5-7-13)12-19(16-17-10-11-23-16)24(21,22)14-8-2-1-3-9-14/h1-3,8-11,13H,4-7,12H2,(H,18,20). The highest BCUT2D eigenvalue weighted by atomic mass is 32.2. The molecule has 1 aliphatic rings. The highest BCUT2D eigenvalue weighted by Gasteiger charge is 2.29. The summed E-state index contributed by atoms with van der Waals surface area (Å²) in [7, 11) is -3.83. The zero-order chi connectivity index (χ0) is 17.0. The Hall–Kier alpha value is -1.93. The van der Waals surface area contributed by atoms with E-state index in [0.717, 1.165) is 30.0 Å². The molecular formula is C16H19N3O3S2. The van der Waals surface area contributed by atoms with Crippen molar-refractivity contribution in [2.45, 2.75) is 36.6 Å². The zero-order valence-electron chi connectivity index (χ0n) is 13.1. The van der Waals surface area contributed by atoms with Crippen molar-refractivity contribution in [2.24, 2.45) is 0 Å². The van der Waals surface area contributed by atoms with E-state index >= 15 is 0 Å². The Labute approximate surface area is 145 Å². The van der Waals surface area contributed by atoms with Crippen LogP contribution in [-0.4, -0.2) is 31.9 Å². The van der Waals surface area contributed by atoms with E-state index in [1.54, 1.807) is 23.6 Å². The number of amides is 1. The van der Waals surface area contributed by atoms with Gasteiger partial charge < -0.3 is 5.32 Å². The summed E-state index contributed by atoms with van der Waals surface area (Å²) in [5.41, 5.74) is 0. The Morgan fingerprint density at radius 2 is 1.96 bits per heavy atom. The molecule has 1 heterocycles. The third-order valence-corrected chi connectivity index (χ3v) is 6.63. The molecule has 24 heavy (non-hydrogen) atoms. The SMILES string of the molecule is O=C(CN(c1nccs1)S(=O)(=O)c1ccccc1)NC1CCCC1. The van der Waals surface area contributed by atoms with Gasteiger partial charge in [0, 0.05) is 17.6 Å². The lowest BCUT2D eigenvalue weighted by molar-refractivity contribution is -0.120. The van der Waals surface area contributed by atoms with Gasteiger partial charge in [-0.1, -0.05) is 31.0 Å². The van der Waals surface area contributed by atoms with Gasteiger partial charge in [-0.05, 0) is 25.0 Å². The number of sulfonamides is 1. The number of aromatic nitrogens is 1. The molecule has 0 bridgehead atoms. The van der Waals surface area contributed by atoms with Crippen LogP contribution in [0.15, 0.2) is 46.8 Å². The average molecular weight is 365 g/mol. The first-order valence-corrected chi connectivity index (χ1v) is 10.2. The molecule has 8 heteroatoms. The van der Waals surface area contributed by atoms with Crippen LogP contribution in [0, 0.1) is 0 Å². The van der Waals surface area contributed by atoms with Crippen LogP contribution < -0.4 is 9.62 Å². The van der Waals surface area contributed by atoms with Gasteiger partial charge >= 0.3 is 0 Å². The Morgan fingerprint density at radius 1 is 1.25 bits per heavy atom. The topological polar surface area (TPSA) is 79.4 Å². The third-order valence-electron chi connectivity index (χ3n) is 3.97. The highest BCUT2D eigenvalue weighted by molar-refractivity contribution is 7.93. The fourth-order valence-electron chi connectivity index (χ4n) is 2.79. The summed E-state index contributed by atoms with van der Waals surface area (Å²) in [4.78, 5) is 16.6. The molecule has 1 aromatic heterocycles. The van der Waals surface area contributed by atoms with E-state index in [9.17, 15) is 13.2 Å². The molecule has 1 saturated carbocycles. The molecule has 0 unspecified atom stereocenters. The monoisotopic (exact) mass is 365 g/mol. The minimum Gasteiger partial charge on any atom is -0.352 e. The minimum absolute atomic E-state index is 0.147. The first-order valence-electron chi connectivity index (χ1n) is 7.84. The zero-order valence-corrected chi connectivity index (χ0v) is 14.7. The van der Waals surface area contributed by atoms with Gasteiger partial charge in [0.2, 0.25) is 5.91 Å². The maximum atomic E-state index is 12.9. The van der Waals surface area contributed by atoms with Crippen molar-refractivity contribution in [3.8, 4) is 0 Å². The molecule has 2 aromatic rings. The number of rotatable bonds is 6. The van der Waals surface area contributed by atoms with E-state index in [4.69, 9.17) is 0 Å². The second-order valence-electron chi connectivity index (χ2n) is 5.69. The highest BCUT2D eigenvalue weighted by Crippen LogP contribution is 2.25. The summed E-state index contributed by atoms with van der Waals surface area (Å²) >= 11 is 1.19. The molecule has 0 radical (unpaired) electrons. The first-order chi connectivity index (χ1) is 11.6. The molecule has 3 rings (SSSR count). The molecule has 1 N–H and O–H groups in total. The number of nitrogens with one attached hydrogen (secondary N) is 1. The lowest BCUT2D eigenvalue weighted by Gasteiger charge is -2.22. The van der Waals surface area contributed by atoms with Crippen LogP contribution in [0.25, 0.3) is 0 Å². The molecular weight excluding hydrogens is 346 g/mol. The van der Waals surface area contributed by atoms with Gasteiger partial charge in [-0.3, -0.25) is 4.79 Å². The second-order valence-corrected chi connectivity index (χ2v) is 8.42. The van der Waals surface area contributed by atoms with Gasteiger partial charge in [-0.15, -0.1) is 11.3 Å². The molecule has 0 atom stereocenters. The van der Waals surface area contributed by atoms with Crippen molar-refractivity contribution in [1.29, 1.82) is 0 Å². The summed E-state index contributed by atoms with van der Waals surface area (Å²) in [6.45, 7) is -0.263. The predicted octanol–water partition coefficient (Wildman–Crippen LogP) is 2.40. The number of nitrogens with zero attached hydrogens (tertiary/aromatic N) is 2. The Kier molecular flexibility index (Phi) is 5.15. The number of hydrogen-bond acceptors (Lipinski definition) is 5. The molecule has 1 fully saturated rings. The van der Waals surface area contributed by atoms with Gasteiger partial charge in [0.25, 0.3) is 10.0 Å². The maximum absolute atomic E-state index is 12.9. The average Bonchev–Trinajstić information content (AvgIpc) is 3.27. The van der Waals surface area contributed by atoms with E-state index in [-0.39, 0.29) is 23.4 Å². The van der Waals surface area contributed by atoms with Crippen LogP contribution in [0.4, 0.5) is 5.13 Å². The van der Waals surface area contributed by atoms with Gasteiger partial charge in [-0.25, -0.2) is 17.7 Å². The van der Waals surface area contributed by atoms with Crippen LogP contribution in [0.5, 0.6) is 0 Å². The van der Waals surface area contributed by atoms with Crippen molar-refractivity contribution in [3.05, 3.63) is 41.9 Å². The molecule has 128 valence electrons. The quantitative estimate of drug-likeness (QED) is 0.852. The first kappa shape index (κ1) is 16.9. The molecule has 1 aliphatic carbocycles. The predicted molar refractivity (Wildman–Crippen MR) is 93.5 cm³/mol. The molecule has 0 spiro atoms. The van der Waals surface area contributed by atoms with E-state index < -0.39 is 10.0 Å². The normalized spacial score (nSPS) is 15.3. The molecule has 0 aliphatic heterocycles. The van der Waals surface area contributed by atoms with E-state index in [1.807, 2.05) is 0 Å². The Balaban J connectivity index is 1.83. The van der Waals surface area contributed by atoms with E-state index in [2.05, 4.69) is 10.3 Å². The van der Waals surface area contributed by atoms with Crippen LogP contribution in [0.1, 0.15) is 25.7 Å². The van der Waals surface area contributed by atoms with E-state index in [1.165, 1.54) is 29.7 Å². The Morgan fingerprint density at radius 3 is 2.58 bits per heavy atom. The van der Waals surface area contributed by atoms with Crippen LogP contribution in [-0.2, 0) is 14.8 Å². The molecule has 1 aromatic carbocycles. The number of anilines is 1. The van der Waals surface area contributed by atoms with Crippen LogP contribution in [0.2, 0.25) is 0 Å². The van der Waals surface area contributed by atoms with Crippen LogP contribution >= 0.6 is 11.3 Å². The van der Waals surface area contributed by atoms with E-state index in [0.29, 0.717) is 5.13 Å². The largest absolute Gasteiger partial charge is 0.352 e. The van der Waals surface area contributed by atoms with Gasteiger partial charge in [-0.2, -0.15) is 0 Å². The molecule has 6 nitrogen and oxygen atoms in total. The number of hydrogen-bond donors (Lipinski definition) is 1. The van der Waals surface area contributed by atoms with Crippen molar-refractivity contribution in [1.82, 2.24) is 10.3 Å². The van der Waals surface area contributed by atoms with Gasteiger partial charge in [0.05, 0.1) is 4.90 Å². The number of carbonyl (C=O) groups is 1. The second kappa shape index (κ2) is 7.31. The summed E-state index contributed by atoms with van der Waals surface area (Å²) in [5.74, 6) is -0.295. The number of benzene rings is 1. The maximum Gasteiger partial charge on any atom is 0.266 e. The summed E-state index contributed by atoms with van der Waals surface area (Å²) < 4.78 is 26.9. The fraction of sp³-hybridized carbons (Fsp3) is 0.375. The molecule has 1 amide bonds. The summed E-state index contributed by atoms with van der Waals surface area (Å²) in [6, 6.07) is 8.25. The number of carbonyl (C=O) groups excluding carboxylic acids is 1. The minimum atomic E-state index is -3.83. The van der Waals surface area contributed by atoms with Crippen molar-refractivity contribution in [2.75, 3.05) is 10.8 Å². The van der Waals surface area contributed by atoms with Gasteiger partial charge in [0.1, 0.15) is 6.54 Å². The Bertz CT molecular complexity index is 770. The fourth-order valence-corrected chi connectivity index (χ4v) is 5.05. The lowest BCUT2D eigenvalue weighted by atomic mass is 10.2. The smallest absolute Gasteiger partial charge is 0.266 e. The van der Waals surface area contributed by atoms with Gasteiger partial charge in [0.15, 0.2) is 5.13 Å². The number of thiazole rings is 1. The molecule has 0 saturated heterocycles. The van der Waals surface area contributed by atoms with Crippen molar-refractivity contribution >= 4 is 32.4 Å². The van der Waals surface area contributed by atoms with Crippen molar-refractivity contribution < 1.29 is 13.2 Å². The summed E-state index contributed by atoms with van der Waals surface area (Å²) in [6.07, 6.45) is 5.64. The third kappa shape index (κ3) is 3.76. The van der Waals surface area contributed by atoms with Crippen LogP contribution in [0.3, 0.4) is 0 Å².